The van der Waals surface area contributed by atoms with Crippen LogP contribution in [0, 0.1) is 18.1 Å². The van der Waals surface area contributed by atoms with Gasteiger partial charge in [0.05, 0.1) is 13.7 Å². The van der Waals surface area contributed by atoms with Gasteiger partial charge in [-0.1, -0.05) is 110 Å². The number of nitrogens with zero attached hydrogens (tertiary/aromatic N) is 2. The molecule has 0 saturated heterocycles. The van der Waals surface area contributed by atoms with E-state index in [9.17, 15) is 0 Å². The molecule has 7 aromatic rings. The van der Waals surface area contributed by atoms with Crippen LogP contribution in [0.3, 0.4) is 0 Å². The summed E-state index contributed by atoms with van der Waals surface area (Å²) in [6, 6.07) is 40.2. The van der Waals surface area contributed by atoms with Crippen molar-refractivity contribution in [1.82, 2.24) is 9.97 Å². The second kappa shape index (κ2) is 15.4. The second-order valence-corrected chi connectivity index (χ2v) is 19.6. The first-order chi connectivity index (χ1) is 23.8. The summed E-state index contributed by atoms with van der Waals surface area (Å²) in [6.07, 6.45) is 9.87. The van der Waals surface area contributed by atoms with Crippen molar-refractivity contribution in [1.29, 1.82) is 0 Å². The van der Waals surface area contributed by atoms with Crippen molar-refractivity contribution in [2.24, 2.45) is 5.92 Å². The third-order valence-electron chi connectivity index (χ3n) is 9.47. The molecule has 0 amide bonds. The standard InChI is InChI=1S/C27H20NO.C18H24NSi.Ir/c1-2-8-18(9-3-1)20-12-7-15-24-25(20)22-13-6-14-23(27(22)29-24)26-21-11-5-4-10-19(21)16-17-28-26;1-14(2)11-16-12-17(15-9-7-6-8-10-15)19-13-18(16)20(3,4)5;/h1-3,6-9,12-13,15-17H,4-5,10-11H2;6-9,12-14H,11H2,1-5H3;/q2*-1;. The first-order valence-electron chi connectivity index (χ1n) is 17.6. The van der Waals surface area contributed by atoms with Crippen LogP contribution in [0.25, 0.3) is 55.6 Å². The van der Waals surface area contributed by atoms with E-state index in [1.165, 1.54) is 45.8 Å². The first kappa shape index (κ1) is 35.7. The van der Waals surface area contributed by atoms with Gasteiger partial charge in [0.15, 0.2) is 0 Å². The van der Waals surface area contributed by atoms with E-state index in [4.69, 9.17) is 9.40 Å². The molecule has 0 spiro atoms. The molecule has 0 aliphatic heterocycles. The van der Waals surface area contributed by atoms with Crippen LogP contribution in [0.4, 0.5) is 0 Å². The Kier molecular flexibility index (Phi) is 11.0. The summed E-state index contributed by atoms with van der Waals surface area (Å²) in [5.41, 5.74) is 12.6. The monoisotopic (exact) mass is 849 g/mol. The topological polar surface area (TPSA) is 38.9 Å². The van der Waals surface area contributed by atoms with Gasteiger partial charge in [-0.3, -0.25) is 0 Å². The van der Waals surface area contributed by atoms with Crippen molar-refractivity contribution < 1.29 is 24.5 Å². The van der Waals surface area contributed by atoms with Gasteiger partial charge in [-0.2, -0.15) is 0 Å². The largest absolute Gasteiger partial charge is 0.501 e. The Morgan fingerprint density at radius 3 is 2.38 bits per heavy atom. The van der Waals surface area contributed by atoms with Crippen molar-refractivity contribution in [3.05, 3.63) is 138 Å². The minimum Gasteiger partial charge on any atom is -0.501 e. The average Bonchev–Trinajstić information content (AvgIpc) is 3.51. The average molecular weight is 849 g/mol. The summed E-state index contributed by atoms with van der Waals surface area (Å²) in [4.78, 5) is 9.46. The normalized spacial score (nSPS) is 12.7. The fourth-order valence-corrected chi connectivity index (χ4v) is 8.77. The van der Waals surface area contributed by atoms with Crippen LogP contribution in [0.2, 0.25) is 19.6 Å². The molecule has 4 aromatic carbocycles. The molecular weight excluding hydrogens is 805 g/mol. The number of benzene rings is 4. The molecule has 3 aromatic heterocycles. The minimum atomic E-state index is -1.34. The van der Waals surface area contributed by atoms with Crippen LogP contribution in [0.1, 0.15) is 43.4 Å². The summed E-state index contributed by atoms with van der Waals surface area (Å²) < 4.78 is 6.42. The summed E-state index contributed by atoms with van der Waals surface area (Å²) in [5, 5.41) is 3.78. The molecule has 0 bridgehead atoms. The predicted molar refractivity (Wildman–Crippen MR) is 208 cm³/mol. The van der Waals surface area contributed by atoms with Crippen molar-refractivity contribution in [3.8, 4) is 33.6 Å². The Morgan fingerprint density at radius 1 is 0.820 bits per heavy atom. The summed E-state index contributed by atoms with van der Waals surface area (Å²) in [7, 11) is -1.34. The number of pyridine rings is 2. The number of aromatic nitrogens is 2. The molecule has 8 rings (SSSR count). The molecule has 3 nitrogen and oxygen atoms in total. The van der Waals surface area contributed by atoms with Gasteiger partial charge < -0.3 is 14.4 Å². The quantitative estimate of drug-likeness (QED) is 0.124. The van der Waals surface area contributed by atoms with Gasteiger partial charge in [-0.05, 0) is 77.9 Å². The third kappa shape index (κ3) is 7.46. The smallest absolute Gasteiger partial charge is 0.121 e. The van der Waals surface area contributed by atoms with Crippen LogP contribution in [-0.4, -0.2) is 18.0 Å². The van der Waals surface area contributed by atoms with E-state index in [1.54, 1.807) is 0 Å². The van der Waals surface area contributed by atoms with Crippen LogP contribution in [0.5, 0.6) is 0 Å². The molecule has 255 valence electrons. The van der Waals surface area contributed by atoms with Gasteiger partial charge in [0.2, 0.25) is 0 Å². The zero-order valence-corrected chi connectivity index (χ0v) is 33.0. The number of rotatable bonds is 6. The van der Waals surface area contributed by atoms with Crippen LogP contribution in [0.15, 0.2) is 114 Å². The molecular formula is C45H44IrN2OSi-2. The van der Waals surface area contributed by atoms with E-state index in [2.05, 4.69) is 124 Å². The summed E-state index contributed by atoms with van der Waals surface area (Å²) >= 11 is 0. The maximum Gasteiger partial charge on any atom is 0.121 e. The molecule has 50 heavy (non-hydrogen) atoms. The molecule has 1 aliphatic rings. The number of fused-ring (bicyclic) bond motifs is 4. The maximum absolute atomic E-state index is 6.42. The van der Waals surface area contributed by atoms with E-state index in [0.29, 0.717) is 5.92 Å². The van der Waals surface area contributed by atoms with Gasteiger partial charge in [0.1, 0.15) is 5.58 Å². The number of hydrogen-bond acceptors (Lipinski definition) is 3. The second-order valence-electron chi connectivity index (χ2n) is 14.6. The molecule has 5 heteroatoms. The van der Waals surface area contributed by atoms with E-state index in [1.807, 2.05) is 36.5 Å². The molecule has 3 heterocycles. The summed E-state index contributed by atoms with van der Waals surface area (Å²) in [6.45, 7) is 11.7. The summed E-state index contributed by atoms with van der Waals surface area (Å²) in [5.74, 6) is 0.667. The number of aryl methyl sites for hydroxylation is 1. The van der Waals surface area contributed by atoms with E-state index < -0.39 is 8.07 Å². The predicted octanol–water partition coefficient (Wildman–Crippen LogP) is 11.3. The molecule has 0 N–H and O–H groups in total. The molecule has 0 fully saturated rings. The minimum absolute atomic E-state index is 0. The fourth-order valence-electron chi connectivity index (χ4n) is 7.18. The van der Waals surface area contributed by atoms with Crippen LogP contribution < -0.4 is 5.19 Å². The van der Waals surface area contributed by atoms with Gasteiger partial charge in [-0.15, -0.1) is 54.1 Å². The van der Waals surface area contributed by atoms with Crippen molar-refractivity contribution in [2.45, 2.75) is 65.6 Å². The maximum atomic E-state index is 6.42. The Hall–Kier alpha value is -4.15. The van der Waals surface area contributed by atoms with Gasteiger partial charge in [0, 0.05) is 37.9 Å². The Balaban J connectivity index is 0.000000182. The van der Waals surface area contributed by atoms with E-state index in [0.717, 1.165) is 63.7 Å². The molecule has 0 saturated carbocycles. The van der Waals surface area contributed by atoms with Gasteiger partial charge in [0.25, 0.3) is 0 Å². The third-order valence-corrected chi connectivity index (χ3v) is 11.5. The fraction of sp³-hybridized carbons (Fsp3) is 0.244. The Morgan fingerprint density at radius 2 is 1.62 bits per heavy atom. The molecule has 1 radical (unpaired) electrons. The van der Waals surface area contributed by atoms with Crippen molar-refractivity contribution >= 4 is 35.2 Å². The zero-order valence-electron chi connectivity index (χ0n) is 29.6. The van der Waals surface area contributed by atoms with Gasteiger partial charge >= 0.3 is 0 Å². The van der Waals surface area contributed by atoms with E-state index >= 15 is 0 Å². The SMILES string of the molecule is CC(C)Cc1cc(-c2[c-]cccc2)ncc1[Si](C)(C)C.[Ir].[c-]1ccc2c(oc3cccc(-c4ccccc4)c32)c1-c1nccc2c1CCCC2. The van der Waals surface area contributed by atoms with Crippen LogP contribution >= 0.6 is 0 Å². The first-order valence-corrected chi connectivity index (χ1v) is 21.1. The molecule has 1 aliphatic carbocycles. The zero-order chi connectivity index (χ0) is 34.0. The van der Waals surface area contributed by atoms with Gasteiger partial charge in [-0.25, -0.2) is 0 Å². The Labute approximate surface area is 311 Å². The van der Waals surface area contributed by atoms with Crippen molar-refractivity contribution in [2.75, 3.05) is 0 Å². The van der Waals surface area contributed by atoms with Crippen LogP contribution in [-0.2, 0) is 39.4 Å². The number of furan rings is 1. The Bertz CT molecular complexity index is 2220. The number of hydrogen-bond donors (Lipinski definition) is 0. The molecule has 0 atom stereocenters. The van der Waals surface area contributed by atoms with Crippen molar-refractivity contribution in [3.63, 3.8) is 0 Å². The molecule has 0 unspecified atom stereocenters. The van der Waals surface area contributed by atoms with E-state index in [-0.39, 0.29) is 20.1 Å².